The molecule has 4 aromatic rings. The van der Waals surface area contributed by atoms with Gasteiger partial charge in [0.05, 0.1) is 11.0 Å². The molecule has 0 unspecified atom stereocenters. The summed E-state index contributed by atoms with van der Waals surface area (Å²) in [5.41, 5.74) is 3.90. The summed E-state index contributed by atoms with van der Waals surface area (Å²) in [4.78, 5) is 31.7. The van der Waals surface area contributed by atoms with Gasteiger partial charge in [-0.25, -0.2) is 4.79 Å². The van der Waals surface area contributed by atoms with E-state index in [0.29, 0.717) is 24.2 Å². The average molecular weight is 372 g/mol. The zero-order valence-electron chi connectivity index (χ0n) is 15.3. The second-order valence-corrected chi connectivity index (χ2v) is 6.59. The van der Waals surface area contributed by atoms with Crippen molar-refractivity contribution in [2.24, 2.45) is 0 Å². The van der Waals surface area contributed by atoms with Crippen molar-refractivity contribution in [2.75, 3.05) is 0 Å². The number of amides is 1. The molecule has 0 saturated carbocycles. The van der Waals surface area contributed by atoms with E-state index in [9.17, 15) is 9.59 Å². The molecule has 0 spiro atoms. The van der Waals surface area contributed by atoms with Crippen molar-refractivity contribution in [1.82, 2.24) is 19.9 Å². The molecule has 0 saturated heterocycles. The SMILES string of the molecule is O=C(NCc1cccnc1)c1ccc2c(c1)[nH]c(=O)n2CCc1ccccc1. The van der Waals surface area contributed by atoms with Crippen LogP contribution in [0.5, 0.6) is 0 Å². The van der Waals surface area contributed by atoms with E-state index in [1.807, 2.05) is 48.5 Å². The summed E-state index contributed by atoms with van der Waals surface area (Å²) in [7, 11) is 0. The van der Waals surface area contributed by atoms with Crippen LogP contribution in [0.4, 0.5) is 0 Å². The van der Waals surface area contributed by atoms with E-state index in [2.05, 4.69) is 15.3 Å². The molecule has 2 heterocycles. The Labute approximate surface area is 161 Å². The number of carbonyl (C=O) groups is 1. The minimum atomic E-state index is -0.191. The first-order chi connectivity index (χ1) is 13.7. The molecule has 0 aliphatic heterocycles. The predicted molar refractivity (Wildman–Crippen MR) is 108 cm³/mol. The monoisotopic (exact) mass is 372 g/mol. The van der Waals surface area contributed by atoms with Crippen LogP contribution in [0.2, 0.25) is 0 Å². The first-order valence-corrected chi connectivity index (χ1v) is 9.14. The zero-order chi connectivity index (χ0) is 19.3. The van der Waals surface area contributed by atoms with E-state index in [-0.39, 0.29) is 11.6 Å². The van der Waals surface area contributed by atoms with E-state index in [4.69, 9.17) is 0 Å². The van der Waals surface area contributed by atoms with Gasteiger partial charge in [-0.1, -0.05) is 36.4 Å². The Bertz CT molecular complexity index is 1150. The van der Waals surface area contributed by atoms with E-state index in [1.54, 1.807) is 29.1 Å². The molecular formula is C22H20N4O2. The highest BCUT2D eigenvalue weighted by molar-refractivity contribution is 5.97. The lowest BCUT2D eigenvalue weighted by molar-refractivity contribution is 0.0951. The Morgan fingerprint density at radius 1 is 1.04 bits per heavy atom. The lowest BCUT2D eigenvalue weighted by Gasteiger charge is -2.06. The first kappa shape index (κ1) is 17.7. The number of hydrogen-bond acceptors (Lipinski definition) is 3. The third-order valence-electron chi connectivity index (χ3n) is 4.68. The van der Waals surface area contributed by atoms with E-state index >= 15 is 0 Å². The molecule has 0 fully saturated rings. The molecule has 0 aliphatic rings. The van der Waals surface area contributed by atoms with Crippen LogP contribution in [0.1, 0.15) is 21.5 Å². The molecule has 28 heavy (non-hydrogen) atoms. The highest BCUT2D eigenvalue weighted by Crippen LogP contribution is 2.14. The number of hydrogen-bond donors (Lipinski definition) is 2. The fraction of sp³-hybridized carbons (Fsp3) is 0.136. The summed E-state index contributed by atoms with van der Waals surface area (Å²) >= 11 is 0. The van der Waals surface area contributed by atoms with Crippen molar-refractivity contribution in [3.63, 3.8) is 0 Å². The minimum Gasteiger partial charge on any atom is -0.348 e. The Hall–Kier alpha value is -3.67. The molecule has 6 nitrogen and oxygen atoms in total. The predicted octanol–water partition coefficient (Wildman–Crippen LogP) is 2.90. The number of rotatable bonds is 6. The van der Waals surface area contributed by atoms with Gasteiger partial charge >= 0.3 is 5.69 Å². The van der Waals surface area contributed by atoms with Gasteiger partial charge in [0.2, 0.25) is 0 Å². The summed E-state index contributed by atoms with van der Waals surface area (Å²) in [6, 6.07) is 19.1. The van der Waals surface area contributed by atoms with E-state index in [1.165, 1.54) is 5.56 Å². The lowest BCUT2D eigenvalue weighted by atomic mass is 10.1. The molecule has 4 rings (SSSR count). The molecule has 6 heteroatoms. The second kappa shape index (κ2) is 7.92. The third-order valence-corrected chi connectivity index (χ3v) is 4.68. The van der Waals surface area contributed by atoms with Gasteiger partial charge in [-0.3, -0.25) is 14.3 Å². The molecule has 140 valence electrons. The van der Waals surface area contributed by atoms with Gasteiger partial charge < -0.3 is 10.3 Å². The molecule has 2 aromatic carbocycles. The summed E-state index contributed by atoms with van der Waals surface area (Å²) in [5.74, 6) is -0.191. The number of aromatic nitrogens is 3. The molecule has 0 bridgehead atoms. The maximum absolute atomic E-state index is 12.4. The van der Waals surface area contributed by atoms with Gasteiger partial charge in [0.15, 0.2) is 0 Å². The van der Waals surface area contributed by atoms with Crippen molar-refractivity contribution in [1.29, 1.82) is 0 Å². The number of aryl methyl sites for hydroxylation is 2. The highest BCUT2D eigenvalue weighted by Gasteiger charge is 2.11. The van der Waals surface area contributed by atoms with Crippen molar-refractivity contribution >= 4 is 16.9 Å². The number of pyridine rings is 1. The molecule has 2 aromatic heterocycles. The molecule has 0 radical (unpaired) electrons. The lowest BCUT2D eigenvalue weighted by Crippen LogP contribution is -2.22. The van der Waals surface area contributed by atoms with Gasteiger partial charge in [0, 0.05) is 31.0 Å². The minimum absolute atomic E-state index is 0.168. The summed E-state index contributed by atoms with van der Waals surface area (Å²) in [5, 5.41) is 2.87. The number of benzene rings is 2. The number of imidazole rings is 1. The third kappa shape index (κ3) is 3.86. The van der Waals surface area contributed by atoms with Crippen molar-refractivity contribution in [3.8, 4) is 0 Å². The fourth-order valence-corrected chi connectivity index (χ4v) is 3.20. The second-order valence-electron chi connectivity index (χ2n) is 6.59. The standard InChI is InChI=1S/C22H20N4O2/c27-21(24-15-17-7-4-11-23-14-17)18-8-9-20-19(13-18)25-22(28)26(20)12-10-16-5-2-1-3-6-16/h1-9,11,13-14H,10,12,15H2,(H,24,27)(H,25,28). The van der Waals surface area contributed by atoms with Crippen molar-refractivity contribution in [3.05, 3.63) is 100 Å². The van der Waals surface area contributed by atoms with Gasteiger partial charge in [-0.05, 0) is 41.8 Å². The van der Waals surface area contributed by atoms with Gasteiger partial charge in [-0.2, -0.15) is 0 Å². The topological polar surface area (TPSA) is 79.8 Å². The van der Waals surface area contributed by atoms with Crippen LogP contribution in [0, 0.1) is 0 Å². The van der Waals surface area contributed by atoms with Crippen LogP contribution < -0.4 is 11.0 Å². The van der Waals surface area contributed by atoms with Crippen LogP contribution in [0.3, 0.4) is 0 Å². The van der Waals surface area contributed by atoms with Crippen molar-refractivity contribution in [2.45, 2.75) is 19.5 Å². The number of carbonyl (C=O) groups excluding carboxylic acids is 1. The number of H-pyrrole nitrogens is 1. The molecule has 0 atom stereocenters. The Morgan fingerprint density at radius 2 is 1.86 bits per heavy atom. The largest absolute Gasteiger partial charge is 0.348 e. The molecule has 2 N–H and O–H groups in total. The maximum atomic E-state index is 12.4. The van der Waals surface area contributed by atoms with Crippen LogP contribution in [-0.4, -0.2) is 20.4 Å². The maximum Gasteiger partial charge on any atom is 0.326 e. The van der Waals surface area contributed by atoms with E-state index in [0.717, 1.165) is 17.5 Å². The fourth-order valence-electron chi connectivity index (χ4n) is 3.20. The number of nitrogens with one attached hydrogen (secondary N) is 2. The van der Waals surface area contributed by atoms with Crippen molar-refractivity contribution < 1.29 is 4.79 Å². The van der Waals surface area contributed by atoms with Gasteiger partial charge in [-0.15, -0.1) is 0 Å². The van der Waals surface area contributed by atoms with E-state index < -0.39 is 0 Å². The summed E-state index contributed by atoms with van der Waals surface area (Å²) in [6.07, 6.45) is 4.17. The molecule has 1 amide bonds. The Balaban J connectivity index is 1.50. The van der Waals surface area contributed by atoms with Crippen LogP contribution in [-0.2, 0) is 19.5 Å². The number of aromatic amines is 1. The molecular weight excluding hydrogens is 352 g/mol. The van der Waals surface area contributed by atoms with Crippen LogP contribution >= 0.6 is 0 Å². The highest BCUT2D eigenvalue weighted by atomic mass is 16.2. The number of nitrogens with zero attached hydrogens (tertiary/aromatic N) is 2. The first-order valence-electron chi connectivity index (χ1n) is 9.14. The Morgan fingerprint density at radius 3 is 2.64 bits per heavy atom. The smallest absolute Gasteiger partial charge is 0.326 e. The van der Waals surface area contributed by atoms with Crippen LogP contribution in [0.25, 0.3) is 11.0 Å². The number of fused-ring (bicyclic) bond motifs is 1. The Kier molecular flexibility index (Phi) is 5.01. The normalized spacial score (nSPS) is 10.9. The summed E-state index contributed by atoms with van der Waals surface area (Å²) < 4.78 is 1.71. The van der Waals surface area contributed by atoms with Gasteiger partial charge in [0.25, 0.3) is 5.91 Å². The molecule has 0 aliphatic carbocycles. The quantitative estimate of drug-likeness (QED) is 0.546. The van der Waals surface area contributed by atoms with Crippen LogP contribution in [0.15, 0.2) is 77.9 Å². The van der Waals surface area contributed by atoms with Gasteiger partial charge in [0.1, 0.15) is 0 Å². The summed E-state index contributed by atoms with van der Waals surface area (Å²) in [6.45, 7) is 0.981. The zero-order valence-corrected chi connectivity index (χ0v) is 15.3. The average Bonchev–Trinajstić information content (AvgIpc) is 3.06.